The number of carbonyl (C=O) groups excluding carboxylic acids is 2. The number of ether oxygens (including phenoxy) is 3. The number of rotatable bonds is 6. The molecular formula is C21H22N2O5. The summed E-state index contributed by atoms with van der Waals surface area (Å²) in [6.07, 6.45) is 1.65. The number of benzene rings is 1. The molecule has 0 amide bonds. The van der Waals surface area contributed by atoms with Crippen LogP contribution in [-0.4, -0.2) is 30.1 Å². The Balaban J connectivity index is 2.07. The maximum Gasteiger partial charge on any atom is 0.340 e. The van der Waals surface area contributed by atoms with Crippen LogP contribution in [0.2, 0.25) is 0 Å². The van der Waals surface area contributed by atoms with Gasteiger partial charge in [0.1, 0.15) is 11.3 Å². The lowest BCUT2D eigenvalue weighted by molar-refractivity contribution is -0.143. The van der Waals surface area contributed by atoms with E-state index in [9.17, 15) is 9.59 Å². The minimum absolute atomic E-state index is 0.0509. The van der Waals surface area contributed by atoms with Crippen LogP contribution in [0.5, 0.6) is 5.75 Å². The van der Waals surface area contributed by atoms with Crippen molar-refractivity contribution in [2.75, 3.05) is 13.2 Å². The van der Waals surface area contributed by atoms with E-state index in [0.29, 0.717) is 11.3 Å². The molecule has 7 nitrogen and oxygen atoms in total. The summed E-state index contributed by atoms with van der Waals surface area (Å²) >= 11 is 0. The quantitative estimate of drug-likeness (QED) is 0.767. The zero-order valence-electron chi connectivity index (χ0n) is 15.8. The first kappa shape index (κ1) is 19.4. The molecule has 7 heteroatoms. The molecule has 1 aromatic heterocycles. The Labute approximate surface area is 163 Å². The molecule has 1 aliphatic heterocycles. The van der Waals surface area contributed by atoms with Crippen LogP contribution in [-0.2, 0) is 19.1 Å². The Bertz CT molecular complexity index is 908. The smallest absolute Gasteiger partial charge is 0.340 e. The molecule has 0 saturated heterocycles. The molecule has 0 aliphatic carbocycles. The Morgan fingerprint density at radius 2 is 1.93 bits per heavy atom. The van der Waals surface area contributed by atoms with Gasteiger partial charge in [-0.05, 0) is 44.2 Å². The number of hydrogen-bond acceptors (Lipinski definition) is 7. The van der Waals surface area contributed by atoms with Crippen molar-refractivity contribution in [3.8, 4) is 17.0 Å². The second-order valence-electron chi connectivity index (χ2n) is 6.13. The minimum atomic E-state index is -0.634. The standard InChI is InChI=1S/C21H22N2O5/c1-3-26-18(24)12-15-14-11-13(16-7-5-6-10-23-16)8-9-17(14)28-20(22)19(15)21(25)27-4-2/h5-11,15H,3-4,12,22H2,1-2H3. The molecule has 0 spiro atoms. The van der Waals surface area contributed by atoms with Crippen LogP contribution in [0.15, 0.2) is 54.1 Å². The summed E-state index contributed by atoms with van der Waals surface area (Å²) in [5.41, 5.74) is 8.39. The van der Waals surface area contributed by atoms with Crippen molar-refractivity contribution >= 4 is 11.9 Å². The van der Waals surface area contributed by atoms with Crippen molar-refractivity contribution in [2.45, 2.75) is 26.2 Å². The van der Waals surface area contributed by atoms with Crippen LogP contribution in [0.3, 0.4) is 0 Å². The summed E-state index contributed by atoms with van der Waals surface area (Å²) in [6.45, 7) is 3.86. The topological polar surface area (TPSA) is 101 Å². The Kier molecular flexibility index (Phi) is 5.93. The molecule has 1 unspecified atom stereocenters. The molecule has 0 bridgehead atoms. The molecule has 3 rings (SSSR count). The monoisotopic (exact) mass is 382 g/mol. The van der Waals surface area contributed by atoms with Gasteiger partial charge in [0.05, 0.1) is 25.3 Å². The maximum absolute atomic E-state index is 12.5. The van der Waals surface area contributed by atoms with Crippen LogP contribution >= 0.6 is 0 Å². The van der Waals surface area contributed by atoms with Crippen LogP contribution < -0.4 is 10.5 Å². The zero-order chi connectivity index (χ0) is 20.1. The number of nitrogens with two attached hydrogens (primary N) is 1. The first-order valence-corrected chi connectivity index (χ1v) is 9.10. The van der Waals surface area contributed by atoms with E-state index >= 15 is 0 Å². The largest absolute Gasteiger partial charge is 0.466 e. The molecule has 0 radical (unpaired) electrons. The van der Waals surface area contributed by atoms with E-state index in [2.05, 4.69) is 4.98 Å². The van der Waals surface area contributed by atoms with Crippen LogP contribution in [0, 0.1) is 0 Å². The Morgan fingerprint density at radius 1 is 1.14 bits per heavy atom. The van der Waals surface area contributed by atoms with E-state index in [1.165, 1.54) is 0 Å². The highest BCUT2D eigenvalue weighted by Gasteiger charge is 2.36. The second-order valence-corrected chi connectivity index (χ2v) is 6.13. The lowest BCUT2D eigenvalue weighted by Gasteiger charge is -2.28. The fraction of sp³-hybridized carbons (Fsp3) is 0.286. The zero-order valence-corrected chi connectivity index (χ0v) is 15.8. The SMILES string of the molecule is CCOC(=O)CC1C(C(=O)OCC)=C(N)Oc2ccc(-c3ccccn3)cc21. The molecule has 28 heavy (non-hydrogen) atoms. The highest BCUT2D eigenvalue weighted by atomic mass is 16.5. The van der Waals surface area contributed by atoms with Gasteiger partial charge >= 0.3 is 11.9 Å². The average molecular weight is 382 g/mol. The fourth-order valence-corrected chi connectivity index (χ4v) is 3.16. The van der Waals surface area contributed by atoms with Gasteiger partial charge in [-0.3, -0.25) is 9.78 Å². The molecule has 2 aromatic rings. The summed E-state index contributed by atoms with van der Waals surface area (Å²) in [5.74, 6) is -1.25. The summed E-state index contributed by atoms with van der Waals surface area (Å²) in [5, 5.41) is 0. The third kappa shape index (κ3) is 3.98. The first-order valence-electron chi connectivity index (χ1n) is 9.10. The van der Waals surface area contributed by atoms with Gasteiger partial charge in [0.25, 0.3) is 0 Å². The molecule has 146 valence electrons. The van der Waals surface area contributed by atoms with Gasteiger partial charge in [0.15, 0.2) is 0 Å². The molecule has 1 aliphatic rings. The van der Waals surface area contributed by atoms with E-state index in [4.69, 9.17) is 19.9 Å². The van der Waals surface area contributed by atoms with E-state index in [1.807, 2.05) is 30.3 Å². The molecule has 2 heterocycles. The fourth-order valence-electron chi connectivity index (χ4n) is 3.16. The lowest BCUT2D eigenvalue weighted by Crippen LogP contribution is -2.28. The summed E-state index contributed by atoms with van der Waals surface area (Å²) in [4.78, 5) is 29.1. The highest BCUT2D eigenvalue weighted by molar-refractivity contribution is 5.93. The van der Waals surface area contributed by atoms with Gasteiger partial charge in [-0.15, -0.1) is 0 Å². The number of carbonyl (C=O) groups is 2. The number of nitrogens with zero attached hydrogens (tertiary/aromatic N) is 1. The van der Waals surface area contributed by atoms with Crippen LogP contribution in [0.1, 0.15) is 31.7 Å². The molecule has 1 aromatic carbocycles. The van der Waals surface area contributed by atoms with Crippen LogP contribution in [0.25, 0.3) is 11.3 Å². The summed E-state index contributed by atoms with van der Waals surface area (Å²) in [6, 6.07) is 11.1. The van der Waals surface area contributed by atoms with Gasteiger partial charge < -0.3 is 19.9 Å². The van der Waals surface area contributed by atoms with Gasteiger partial charge in [0, 0.05) is 23.2 Å². The van der Waals surface area contributed by atoms with Crippen molar-refractivity contribution in [3.63, 3.8) is 0 Å². The predicted molar refractivity (Wildman–Crippen MR) is 102 cm³/mol. The highest BCUT2D eigenvalue weighted by Crippen LogP contribution is 2.42. The average Bonchev–Trinajstić information content (AvgIpc) is 2.68. The van der Waals surface area contributed by atoms with Crippen molar-refractivity contribution in [1.82, 2.24) is 4.98 Å². The number of pyridine rings is 1. The van der Waals surface area contributed by atoms with Crippen molar-refractivity contribution < 1.29 is 23.8 Å². The van der Waals surface area contributed by atoms with Gasteiger partial charge in [-0.25, -0.2) is 4.79 Å². The molecule has 1 atom stereocenters. The van der Waals surface area contributed by atoms with E-state index in [-0.39, 0.29) is 31.1 Å². The second kappa shape index (κ2) is 8.56. The molecule has 0 fully saturated rings. The predicted octanol–water partition coefficient (Wildman–Crippen LogP) is 2.91. The van der Waals surface area contributed by atoms with Crippen LogP contribution in [0.4, 0.5) is 0 Å². The molecular weight excluding hydrogens is 360 g/mol. The number of aromatic nitrogens is 1. The number of fused-ring (bicyclic) bond motifs is 1. The third-order valence-corrected chi connectivity index (χ3v) is 4.35. The molecule has 0 saturated carbocycles. The Hall–Kier alpha value is -3.35. The van der Waals surface area contributed by atoms with Crippen molar-refractivity contribution in [1.29, 1.82) is 0 Å². The summed E-state index contributed by atoms with van der Waals surface area (Å²) in [7, 11) is 0. The van der Waals surface area contributed by atoms with Crippen molar-refractivity contribution in [3.05, 3.63) is 59.6 Å². The van der Waals surface area contributed by atoms with E-state index in [1.54, 1.807) is 26.1 Å². The third-order valence-electron chi connectivity index (χ3n) is 4.35. The number of hydrogen-bond donors (Lipinski definition) is 1. The van der Waals surface area contributed by atoms with Crippen molar-refractivity contribution in [2.24, 2.45) is 5.73 Å². The minimum Gasteiger partial charge on any atom is -0.466 e. The van der Waals surface area contributed by atoms with E-state index in [0.717, 1.165) is 11.3 Å². The first-order chi connectivity index (χ1) is 13.5. The summed E-state index contributed by atoms with van der Waals surface area (Å²) < 4.78 is 15.9. The maximum atomic E-state index is 12.5. The Morgan fingerprint density at radius 3 is 2.61 bits per heavy atom. The van der Waals surface area contributed by atoms with Gasteiger partial charge in [-0.1, -0.05) is 6.07 Å². The van der Waals surface area contributed by atoms with Gasteiger partial charge in [0.2, 0.25) is 5.88 Å². The lowest BCUT2D eigenvalue weighted by atomic mass is 9.85. The normalized spacial score (nSPS) is 15.4. The molecule has 2 N–H and O–H groups in total. The number of esters is 2. The van der Waals surface area contributed by atoms with E-state index < -0.39 is 17.9 Å². The van der Waals surface area contributed by atoms with Gasteiger partial charge in [-0.2, -0.15) is 0 Å².